The van der Waals surface area contributed by atoms with Crippen LogP contribution in [0.2, 0.25) is 0 Å². The van der Waals surface area contributed by atoms with E-state index in [0.29, 0.717) is 34.6 Å². The molecule has 34 heavy (non-hydrogen) atoms. The fourth-order valence-corrected chi connectivity index (χ4v) is 3.72. The third-order valence-corrected chi connectivity index (χ3v) is 5.48. The van der Waals surface area contributed by atoms with Gasteiger partial charge in [-0.25, -0.2) is 4.79 Å². The van der Waals surface area contributed by atoms with Gasteiger partial charge in [0, 0.05) is 17.5 Å². The summed E-state index contributed by atoms with van der Waals surface area (Å²) < 4.78 is 41.8. The Morgan fingerprint density at radius 3 is 2.56 bits per heavy atom. The van der Waals surface area contributed by atoms with Gasteiger partial charge in [-0.3, -0.25) is 9.59 Å². The summed E-state index contributed by atoms with van der Waals surface area (Å²) in [7, 11) is 1.42. The zero-order valence-corrected chi connectivity index (χ0v) is 19.1. The highest BCUT2D eigenvalue weighted by Gasteiger charge is 2.33. The van der Waals surface area contributed by atoms with Gasteiger partial charge in [-0.2, -0.15) is 8.78 Å². The van der Waals surface area contributed by atoms with Crippen molar-refractivity contribution in [2.24, 2.45) is 0 Å². The number of esters is 2. The first-order valence-corrected chi connectivity index (χ1v) is 10.6. The van der Waals surface area contributed by atoms with Gasteiger partial charge in [0.15, 0.2) is 0 Å². The first-order chi connectivity index (χ1) is 16.2. The maximum atomic E-state index is 13.0. The lowest BCUT2D eigenvalue weighted by Gasteiger charge is -2.19. The first-order valence-electron chi connectivity index (χ1n) is 10.6. The lowest BCUT2D eigenvalue weighted by atomic mass is 9.93. The van der Waals surface area contributed by atoms with E-state index in [9.17, 15) is 23.2 Å². The van der Waals surface area contributed by atoms with E-state index < -0.39 is 24.3 Å². The minimum Gasteiger partial charge on any atom is -0.496 e. The van der Waals surface area contributed by atoms with E-state index in [2.05, 4.69) is 5.32 Å². The molecule has 0 unspecified atom stereocenters. The highest BCUT2D eigenvalue weighted by atomic mass is 19.3. The number of hydrogen-bond donors (Lipinski definition) is 1. The molecule has 0 spiro atoms. The Hall–Kier alpha value is -3.75. The Bertz CT molecular complexity index is 1130. The molecular formula is C25H25F2NO6. The van der Waals surface area contributed by atoms with Gasteiger partial charge in [-0.15, -0.1) is 0 Å². The van der Waals surface area contributed by atoms with Gasteiger partial charge in [-0.1, -0.05) is 29.8 Å². The van der Waals surface area contributed by atoms with Gasteiger partial charge in [0.25, 0.3) is 5.91 Å². The van der Waals surface area contributed by atoms with Crippen molar-refractivity contribution in [3.8, 4) is 11.5 Å². The summed E-state index contributed by atoms with van der Waals surface area (Å²) in [5.74, 6) is -1.79. The fraction of sp³-hybridized carbons (Fsp3) is 0.320. The van der Waals surface area contributed by atoms with Crippen molar-refractivity contribution in [3.05, 3.63) is 64.2 Å². The second-order valence-electron chi connectivity index (χ2n) is 7.77. The van der Waals surface area contributed by atoms with Crippen molar-refractivity contribution in [1.82, 2.24) is 0 Å². The van der Waals surface area contributed by atoms with E-state index in [4.69, 9.17) is 14.2 Å². The van der Waals surface area contributed by atoms with Crippen molar-refractivity contribution in [2.45, 2.75) is 46.1 Å². The molecule has 9 heteroatoms. The van der Waals surface area contributed by atoms with Crippen molar-refractivity contribution in [3.63, 3.8) is 0 Å². The van der Waals surface area contributed by atoms with Gasteiger partial charge in [0.2, 0.25) is 0 Å². The number of para-hydroxylation sites is 1. The van der Waals surface area contributed by atoms with E-state index in [0.717, 1.165) is 5.57 Å². The molecule has 2 aromatic carbocycles. The van der Waals surface area contributed by atoms with E-state index in [-0.39, 0.29) is 30.7 Å². The smallest absolute Gasteiger partial charge is 0.341 e. The molecule has 1 aliphatic rings. The Labute approximate surface area is 195 Å². The van der Waals surface area contributed by atoms with Crippen LogP contribution in [0, 0.1) is 6.92 Å². The molecule has 1 amide bonds. The number of carbonyl (C=O) groups is 3. The zero-order valence-electron chi connectivity index (χ0n) is 19.1. The number of alkyl halides is 2. The average molecular weight is 473 g/mol. The molecule has 1 N–H and O–H groups in total. The summed E-state index contributed by atoms with van der Waals surface area (Å²) in [6.07, 6.45) is -0.764. The molecule has 0 saturated heterocycles. The summed E-state index contributed by atoms with van der Waals surface area (Å²) in [6.45, 7) is 3.51. The number of allylic oxidation sites excluding steroid dienone is 2. The number of hydrogen-bond acceptors (Lipinski definition) is 6. The first kappa shape index (κ1) is 24.9. The zero-order chi connectivity index (χ0) is 24.8. The van der Waals surface area contributed by atoms with Crippen LogP contribution in [-0.4, -0.2) is 31.4 Å². The molecule has 1 heterocycles. The van der Waals surface area contributed by atoms with Crippen LogP contribution >= 0.6 is 0 Å². The quantitative estimate of drug-likeness (QED) is 0.321. The maximum Gasteiger partial charge on any atom is 0.341 e. The van der Waals surface area contributed by atoms with E-state index >= 15 is 0 Å². The summed E-state index contributed by atoms with van der Waals surface area (Å²) >= 11 is 0. The predicted molar refractivity (Wildman–Crippen MR) is 120 cm³/mol. The van der Waals surface area contributed by atoms with Crippen LogP contribution in [0.3, 0.4) is 0 Å². The number of fused-ring (bicyclic) bond motifs is 1. The molecule has 7 nitrogen and oxygen atoms in total. The van der Waals surface area contributed by atoms with Crippen molar-refractivity contribution in [1.29, 1.82) is 0 Å². The summed E-state index contributed by atoms with van der Waals surface area (Å²) in [4.78, 5) is 36.2. The third-order valence-electron chi connectivity index (χ3n) is 5.48. The van der Waals surface area contributed by atoms with E-state index in [1.165, 1.54) is 7.11 Å². The predicted octanol–water partition coefficient (Wildman–Crippen LogP) is 4.75. The number of methoxy groups -OCH3 is 1. The second kappa shape index (κ2) is 10.9. The van der Waals surface area contributed by atoms with Gasteiger partial charge in [0.05, 0.1) is 18.4 Å². The SMILES string of the molecule is COc1c(C)c2c(c(NC(=O)C(F)F)c1C/C=C(\C)CCC(=O)Oc1ccccc1)C(=O)OC2. The molecule has 0 fully saturated rings. The number of nitrogens with one attached hydrogen (secondary N) is 1. The molecule has 3 rings (SSSR count). The number of cyclic esters (lactones) is 1. The van der Waals surface area contributed by atoms with Gasteiger partial charge in [-0.05, 0) is 44.4 Å². The molecule has 1 aliphatic heterocycles. The van der Waals surface area contributed by atoms with Crippen LogP contribution in [0.4, 0.5) is 14.5 Å². The molecule has 0 radical (unpaired) electrons. The van der Waals surface area contributed by atoms with Crippen molar-refractivity contribution in [2.75, 3.05) is 12.4 Å². The van der Waals surface area contributed by atoms with Gasteiger partial charge >= 0.3 is 18.4 Å². The number of anilines is 1. The summed E-state index contributed by atoms with van der Waals surface area (Å²) in [5.41, 5.74) is 2.33. The second-order valence-corrected chi connectivity index (χ2v) is 7.77. The Kier molecular flexibility index (Phi) is 7.99. The molecule has 2 aromatic rings. The standard InChI is InChI=1S/C25H25F2NO6/c1-14(10-12-19(29)34-16-7-5-4-6-8-16)9-11-17-21(28-24(30)23(26)27)20-18(13-33-25(20)31)15(2)22(17)32-3/h4-9,23H,10-13H2,1-3H3,(H,28,30)/b14-9+. The minimum absolute atomic E-state index is 0.0351. The van der Waals surface area contributed by atoms with E-state index in [1.54, 1.807) is 37.3 Å². The largest absolute Gasteiger partial charge is 0.496 e. The molecule has 180 valence electrons. The average Bonchev–Trinajstić information content (AvgIpc) is 3.20. The number of rotatable bonds is 9. The van der Waals surface area contributed by atoms with Gasteiger partial charge in [0.1, 0.15) is 18.1 Å². The molecule has 0 aliphatic carbocycles. The molecule has 0 bridgehead atoms. The topological polar surface area (TPSA) is 90.9 Å². The minimum atomic E-state index is -3.26. The monoisotopic (exact) mass is 473 g/mol. The number of ether oxygens (including phenoxy) is 3. The summed E-state index contributed by atoms with van der Waals surface area (Å²) in [6, 6.07) is 8.71. The van der Waals surface area contributed by atoms with Crippen LogP contribution in [0.1, 0.15) is 46.8 Å². The van der Waals surface area contributed by atoms with Gasteiger partial charge < -0.3 is 19.5 Å². The van der Waals surface area contributed by atoms with Crippen LogP contribution < -0.4 is 14.8 Å². The number of carbonyl (C=O) groups excluding carboxylic acids is 3. The molecule has 0 saturated carbocycles. The van der Waals surface area contributed by atoms with Crippen LogP contribution in [0.15, 0.2) is 42.0 Å². The third kappa shape index (κ3) is 5.59. The Morgan fingerprint density at radius 1 is 1.21 bits per heavy atom. The normalized spacial score (nSPS) is 12.9. The highest BCUT2D eigenvalue weighted by Crippen LogP contribution is 2.41. The molecule has 0 aromatic heterocycles. The van der Waals surface area contributed by atoms with Crippen LogP contribution in [0.25, 0.3) is 0 Å². The molecule has 0 atom stereocenters. The number of benzene rings is 2. The number of amides is 1. The highest BCUT2D eigenvalue weighted by molar-refractivity contribution is 6.06. The van der Waals surface area contributed by atoms with E-state index in [1.807, 2.05) is 13.0 Å². The Balaban J connectivity index is 1.83. The fourth-order valence-electron chi connectivity index (χ4n) is 3.72. The lowest BCUT2D eigenvalue weighted by Crippen LogP contribution is -2.23. The van der Waals surface area contributed by atoms with Crippen LogP contribution in [0.5, 0.6) is 11.5 Å². The molecular weight excluding hydrogens is 448 g/mol. The number of halogens is 2. The Morgan fingerprint density at radius 2 is 1.91 bits per heavy atom. The van der Waals surface area contributed by atoms with Crippen molar-refractivity contribution < 1.29 is 37.4 Å². The van der Waals surface area contributed by atoms with Crippen molar-refractivity contribution >= 4 is 23.5 Å². The van der Waals surface area contributed by atoms with Crippen LogP contribution in [-0.2, 0) is 27.4 Å². The summed E-state index contributed by atoms with van der Waals surface area (Å²) in [5, 5.41) is 2.17. The maximum absolute atomic E-state index is 13.0. The lowest BCUT2D eigenvalue weighted by molar-refractivity contribution is -0.134.